The number of benzene rings is 1. The minimum Gasteiger partial charge on any atom is -0.384 e. The molecule has 0 fully saturated rings. The molecule has 4 nitrogen and oxygen atoms in total. The smallest absolute Gasteiger partial charge is 0.128 e. The molecule has 0 aliphatic carbocycles. The summed E-state index contributed by atoms with van der Waals surface area (Å²) < 4.78 is 0. The van der Waals surface area contributed by atoms with Gasteiger partial charge in [0.05, 0.1) is 12.2 Å². The van der Waals surface area contributed by atoms with Crippen LogP contribution in [-0.4, -0.2) is 23.9 Å². The quantitative estimate of drug-likeness (QED) is 0.856. The molecule has 118 valence electrons. The van der Waals surface area contributed by atoms with E-state index < -0.39 is 0 Å². The van der Waals surface area contributed by atoms with Gasteiger partial charge in [-0.15, -0.1) is 0 Å². The highest BCUT2D eigenvalue weighted by molar-refractivity contribution is 5.99. The summed E-state index contributed by atoms with van der Waals surface area (Å²) in [6.07, 6.45) is 3.38. The number of anilines is 1. The topological polar surface area (TPSA) is 63.3 Å². The van der Waals surface area contributed by atoms with Gasteiger partial charge in [0.15, 0.2) is 0 Å². The molecule has 0 bridgehead atoms. The van der Waals surface area contributed by atoms with E-state index >= 15 is 0 Å². The number of nitrogens with two attached hydrogens (primary N) is 1. The zero-order valence-corrected chi connectivity index (χ0v) is 13.3. The van der Waals surface area contributed by atoms with Crippen LogP contribution in [0.5, 0.6) is 0 Å². The Morgan fingerprint density at radius 1 is 1.12 bits per heavy atom. The Morgan fingerprint density at radius 3 is 2.54 bits per heavy atom. The van der Waals surface area contributed by atoms with Gasteiger partial charge in [-0.3, -0.25) is 4.99 Å². The van der Waals surface area contributed by atoms with E-state index in [-0.39, 0.29) is 0 Å². The van der Waals surface area contributed by atoms with Crippen LogP contribution >= 0.6 is 0 Å². The first kappa shape index (κ1) is 15.6. The van der Waals surface area contributed by atoms with Crippen LogP contribution in [0, 0.1) is 11.8 Å². The number of rotatable bonds is 3. The number of hydrogen-bond acceptors (Lipinski definition) is 4. The maximum Gasteiger partial charge on any atom is 0.128 e. The van der Waals surface area contributed by atoms with Gasteiger partial charge in [0.2, 0.25) is 0 Å². The third-order valence-electron chi connectivity index (χ3n) is 3.68. The van der Waals surface area contributed by atoms with Crippen LogP contribution in [0.15, 0.2) is 48.5 Å². The van der Waals surface area contributed by atoms with Crippen molar-refractivity contribution in [1.82, 2.24) is 10.3 Å². The first-order chi connectivity index (χ1) is 11.7. The Morgan fingerprint density at radius 2 is 1.92 bits per heavy atom. The summed E-state index contributed by atoms with van der Waals surface area (Å²) in [5, 5.41) is 3.26. The summed E-state index contributed by atoms with van der Waals surface area (Å²) in [7, 11) is 0. The first-order valence-corrected chi connectivity index (χ1v) is 7.67. The van der Waals surface area contributed by atoms with Crippen molar-refractivity contribution in [2.75, 3.05) is 18.8 Å². The number of nitrogens with zero attached hydrogens (tertiary/aromatic N) is 2. The van der Waals surface area contributed by atoms with Crippen molar-refractivity contribution < 1.29 is 0 Å². The lowest BCUT2D eigenvalue weighted by Crippen LogP contribution is -2.19. The first-order valence-electron chi connectivity index (χ1n) is 7.67. The molecule has 0 radical (unpaired) electrons. The van der Waals surface area contributed by atoms with Crippen molar-refractivity contribution in [3.63, 3.8) is 0 Å². The molecule has 3 rings (SSSR count). The Hall–Kier alpha value is -3.32. The summed E-state index contributed by atoms with van der Waals surface area (Å²) in [4.78, 5) is 8.64. The highest BCUT2D eigenvalue weighted by Crippen LogP contribution is 2.18. The Balaban J connectivity index is 1.91. The minimum atomic E-state index is 0.417. The van der Waals surface area contributed by atoms with Gasteiger partial charge in [0.1, 0.15) is 11.7 Å². The van der Waals surface area contributed by atoms with Crippen LogP contribution in [0.1, 0.15) is 27.9 Å². The van der Waals surface area contributed by atoms with Crippen molar-refractivity contribution in [3.8, 4) is 11.8 Å². The van der Waals surface area contributed by atoms with Crippen LogP contribution < -0.4 is 11.1 Å². The van der Waals surface area contributed by atoms with Crippen molar-refractivity contribution >= 4 is 23.8 Å². The SMILES string of the molecule is C=Cc1nc(N)cc(C#Cc2ccc(C3=NCCN3)cc2)c1C=C. The largest absolute Gasteiger partial charge is 0.384 e. The van der Waals surface area contributed by atoms with Gasteiger partial charge >= 0.3 is 0 Å². The molecule has 4 heteroatoms. The number of aliphatic imine (C=N–C) groups is 1. The predicted molar refractivity (Wildman–Crippen MR) is 101 cm³/mol. The standard InChI is InChI=1S/C20H18N4/c1-3-17-16(13-19(21)24-18(17)4-2)10-7-14-5-8-15(9-6-14)20-22-11-12-23-20/h3-6,8-9,13H,1-2,11-12H2,(H2,21,24)(H,22,23). The van der Waals surface area contributed by atoms with E-state index in [1.54, 1.807) is 18.2 Å². The molecule has 0 saturated heterocycles. The molecule has 0 amide bonds. The van der Waals surface area contributed by atoms with E-state index in [2.05, 4.69) is 40.3 Å². The Bertz CT molecular complexity index is 880. The molecule has 0 saturated carbocycles. The van der Waals surface area contributed by atoms with Gasteiger partial charge in [-0.2, -0.15) is 0 Å². The molecule has 3 N–H and O–H groups in total. The van der Waals surface area contributed by atoms with Crippen molar-refractivity contribution in [1.29, 1.82) is 0 Å². The summed E-state index contributed by atoms with van der Waals surface area (Å²) in [6, 6.07) is 9.76. The molecule has 2 heterocycles. The number of amidine groups is 1. The number of nitrogen functional groups attached to an aromatic ring is 1. The van der Waals surface area contributed by atoms with E-state index in [9.17, 15) is 0 Å². The zero-order valence-electron chi connectivity index (χ0n) is 13.3. The maximum atomic E-state index is 5.84. The highest BCUT2D eigenvalue weighted by atomic mass is 15.1. The fraction of sp³-hybridized carbons (Fsp3) is 0.100. The highest BCUT2D eigenvalue weighted by Gasteiger charge is 2.07. The monoisotopic (exact) mass is 314 g/mol. The lowest BCUT2D eigenvalue weighted by Gasteiger charge is -2.05. The van der Waals surface area contributed by atoms with Gasteiger partial charge in [-0.1, -0.05) is 43.2 Å². The maximum absolute atomic E-state index is 5.84. The van der Waals surface area contributed by atoms with Gasteiger partial charge in [-0.25, -0.2) is 4.98 Å². The fourth-order valence-corrected chi connectivity index (χ4v) is 2.51. The average Bonchev–Trinajstić information content (AvgIpc) is 3.14. The Labute approximate surface area is 141 Å². The summed E-state index contributed by atoms with van der Waals surface area (Å²) in [6.45, 7) is 9.31. The van der Waals surface area contributed by atoms with Crippen molar-refractivity contribution in [2.45, 2.75) is 0 Å². The average molecular weight is 314 g/mol. The van der Waals surface area contributed by atoms with Gasteiger partial charge < -0.3 is 11.1 Å². The molecule has 0 atom stereocenters. The predicted octanol–water partition coefficient (Wildman–Crippen LogP) is 2.70. The molecule has 1 aliphatic rings. The van der Waals surface area contributed by atoms with Crippen molar-refractivity contribution in [2.24, 2.45) is 4.99 Å². The number of nitrogens with one attached hydrogen (secondary N) is 1. The van der Waals surface area contributed by atoms with E-state index in [1.807, 2.05) is 24.3 Å². The van der Waals surface area contributed by atoms with E-state index in [0.717, 1.165) is 41.2 Å². The second kappa shape index (κ2) is 6.84. The molecule has 0 unspecified atom stereocenters. The molecule has 2 aromatic rings. The summed E-state index contributed by atoms with van der Waals surface area (Å²) >= 11 is 0. The van der Waals surface area contributed by atoms with Crippen LogP contribution in [0.25, 0.3) is 12.2 Å². The van der Waals surface area contributed by atoms with E-state index in [4.69, 9.17) is 5.73 Å². The third kappa shape index (κ3) is 3.21. The van der Waals surface area contributed by atoms with E-state index in [1.165, 1.54) is 0 Å². The second-order valence-corrected chi connectivity index (χ2v) is 5.29. The molecule has 1 aromatic carbocycles. The van der Waals surface area contributed by atoms with Crippen LogP contribution in [0.4, 0.5) is 5.82 Å². The van der Waals surface area contributed by atoms with Gasteiger partial charge in [-0.05, 0) is 24.3 Å². The van der Waals surface area contributed by atoms with Crippen LogP contribution in [0.2, 0.25) is 0 Å². The van der Waals surface area contributed by atoms with E-state index in [0.29, 0.717) is 11.5 Å². The Kier molecular flexibility index (Phi) is 4.44. The number of aromatic nitrogens is 1. The summed E-state index contributed by atoms with van der Waals surface area (Å²) in [5.74, 6) is 7.67. The fourth-order valence-electron chi connectivity index (χ4n) is 2.51. The second-order valence-electron chi connectivity index (χ2n) is 5.29. The molecule has 1 aliphatic heterocycles. The lowest BCUT2D eigenvalue weighted by molar-refractivity contribution is 0.960. The minimum absolute atomic E-state index is 0.417. The van der Waals surface area contributed by atoms with Gasteiger partial charge in [0, 0.05) is 28.8 Å². The van der Waals surface area contributed by atoms with Crippen LogP contribution in [0.3, 0.4) is 0 Å². The number of hydrogen-bond donors (Lipinski definition) is 2. The van der Waals surface area contributed by atoms with Crippen LogP contribution in [-0.2, 0) is 0 Å². The number of pyridine rings is 1. The van der Waals surface area contributed by atoms with Crippen molar-refractivity contribution in [3.05, 3.63) is 71.4 Å². The van der Waals surface area contributed by atoms with Gasteiger partial charge in [0.25, 0.3) is 0 Å². The molecular weight excluding hydrogens is 296 g/mol. The zero-order chi connectivity index (χ0) is 16.9. The molecule has 24 heavy (non-hydrogen) atoms. The normalized spacial score (nSPS) is 12.6. The molecule has 1 aromatic heterocycles. The lowest BCUT2D eigenvalue weighted by atomic mass is 10.1. The summed E-state index contributed by atoms with van der Waals surface area (Å²) in [5.41, 5.74) is 10.2. The molecule has 0 spiro atoms. The molecular formula is C20H18N4. The third-order valence-corrected chi connectivity index (χ3v) is 3.68.